The van der Waals surface area contributed by atoms with Crippen LogP contribution in [0.5, 0.6) is 0 Å². The molecule has 0 spiro atoms. The maximum Gasteiger partial charge on any atom is 0.258 e. The Morgan fingerprint density at radius 3 is 2.58 bits per heavy atom. The molecular formula is C21H20N4O. The lowest BCUT2D eigenvalue weighted by Crippen LogP contribution is -2.18. The number of aromatic nitrogens is 2. The van der Waals surface area contributed by atoms with Crippen LogP contribution in [0.4, 0.5) is 17.3 Å². The summed E-state index contributed by atoms with van der Waals surface area (Å²) in [6.45, 7) is 4.92. The third-order valence-electron chi connectivity index (χ3n) is 4.79. The molecule has 130 valence electrons. The first-order valence-electron chi connectivity index (χ1n) is 8.68. The van der Waals surface area contributed by atoms with Crippen LogP contribution in [0.1, 0.15) is 27.0 Å². The lowest BCUT2D eigenvalue weighted by molar-refractivity contribution is 0.102. The Labute approximate surface area is 152 Å². The number of amides is 1. The van der Waals surface area contributed by atoms with E-state index in [9.17, 15) is 4.79 Å². The molecule has 0 fully saturated rings. The standard InChI is InChI=1S/C21H20N4O/c1-14-7-8-18(11-15(14)2)24-20(26)17-12-22-21(23-13-17)25-10-9-16-5-3-4-6-19(16)25/h3-8,11-13H,9-10H2,1-2H3,(H,24,26). The summed E-state index contributed by atoms with van der Waals surface area (Å²) >= 11 is 0. The maximum atomic E-state index is 12.4. The molecule has 1 N–H and O–H groups in total. The van der Waals surface area contributed by atoms with Crippen molar-refractivity contribution in [2.45, 2.75) is 20.3 Å². The van der Waals surface area contributed by atoms with Crippen LogP contribution in [-0.2, 0) is 6.42 Å². The second-order valence-corrected chi connectivity index (χ2v) is 6.56. The van der Waals surface area contributed by atoms with Gasteiger partial charge in [0.15, 0.2) is 0 Å². The highest BCUT2D eigenvalue weighted by molar-refractivity contribution is 6.04. The normalized spacial score (nSPS) is 12.8. The fourth-order valence-corrected chi connectivity index (χ4v) is 3.15. The van der Waals surface area contributed by atoms with Crippen LogP contribution in [0.2, 0.25) is 0 Å². The number of para-hydroxylation sites is 1. The predicted octanol–water partition coefficient (Wildman–Crippen LogP) is 4.04. The Bertz CT molecular complexity index is 966. The molecule has 0 saturated heterocycles. The topological polar surface area (TPSA) is 58.1 Å². The SMILES string of the molecule is Cc1ccc(NC(=O)c2cnc(N3CCc4ccccc43)nc2)cc1C. The van der Waals surface area contributed by atoms with Gasteiger partial charge in [0.05, 0.1) is 5.56 Å². The Hall–Kier alpha value is -3.21. The van der Waals surface area contributed by atoms with Gasteiger partial charge in [-0.3, -0.25) is 4.79 Å². The quantitative estimate of drug-likeness (QED) is 0.779. The van der Waals surface area contributed by atoms with Crippen LogP contribution in [0.15, 0.2) is 54.9 Å². The zero-order chi connectivity index (χ0) is 18.1. The highest BCUT2D eigenvalue weighted by Gasteiger charge is 2.22. The van der Waals surface area contributed by atoms with E-state index in [2.05, 4.69) is 32.3 Å². The first-order chi connectivity index (χ1) is 12.6. The largest absolute Gasteiger partial charge is 0.322 e. The molecule has 3 aromatic rings. The molecule has 2 aromatic carbocycles. The zero-order valence-electron chi connectivity index (χ0n) is 14.9. The summed E-state index contributed by atoms with van der Waals surface area (Å²) in [6, 6.07) is 14.1. The molecule has 0 atom stereocenters. The molecule has 0 bridgehead atoms. The average molecular weight is 344 g/mol. The summed E-state index contributed by atoms with van der Waals surface area (Å²) in [6.07, 6.45) is 4.15. The summed E-state index contributed by atoms with van der Waals surface area (Å²) in [7, 11) is 0. The summed E-state index contributed by atoms with van der Waals surface area (Å²) in [4.78, 5) is 23.3. The number of nitrogens with one attached hydrogen (secondary N) is 1. The summed E-state index contributed by atoms with van der Waals surface area (Å²) in [5.74, 6) is 0.416. The smallest absolute Gasteiger partial charge is 0.258 e. The summed E-state index contributed by atoms with van der Waals surface area (Å²) in [5, 5.41) is 2.90. The molecule has 1 amide bonds. The maximum absolute atomic E-state index is 12.4. The van der Waals surface area contributed by atoms with Crippen molar-refractivity contribution >= 4 is 23.2 Å². The van der Waals surface area contributed by atoms with Crippen molar-refractivity contribution in [1.29, 1.82) is 0 Å². The Balaban J connectivity index is 1.51. The minimum absolute atomic E-state index is 0.207. The highest BCUT2D eigenvalue weighted by atomic mass is 16.1. The number of carbonyl (C=O) groups excluding carboxylic acids is 1. The molecule has 26 heavy (non-hydrogen) atoms. The lowest BCUT2D eigenvalue weighted by Gasteiger charge is -2.17. The minimum Gasteiger partial charge on any atom is -0.322 e. The monoisotopic (exact) mass is 344 g/mol. The van der Waals surface area contributed by atoms with Gasteiger partial charge < -0.3 is 10.2 Å². The summed E-state index contributed by atoms with van der Waals surface area (Å²) in [5.41, 5.74) is 5.99. The van der Waals surface area contributed by atoms with E-state index in [0.29, 0.717) is 11.5 Å². The van der Waals surface area contributed by atoms with Gasteiger partial charge >= 0.3 is 0 Å². The molecular weight excluding hydrogens is 324 g/mol. The van der Waals surface area contributed by atoms with Crippen molar-refractivity contribution < 1.29 is 4.79 Å². The number of anilines is 3. The van der Waals surface area contributed by atoms with Crippen molar-refractivity contribution in [2.75, 3.05) is 16.8 Å². The molecule has 0 radical (unpaired) electrons. The van der Waals surface area contributed by atoms with Gasteiger partial charge in [-0.2, -0.15) is 0 Å². The van der Waals surface area contributed by atoms with Crippen LogP contribution in [0, 0.1) is 13.8 Å². The van der Waals surface area contributed by atoms with E-state index >= 15 is 0 Å². The number of hydrogen-bond donors (Lipinski definition) is 1. The van der Waals surface area contributed by atoms with Crippen LogP contribution < -0.4 is 10.2 Å². The molecule has 4 rings (SSSR count). The molecule has 0 aliphatic carbocycles. The third-order valence-corrected chi connectivity index (χ3v) is 4.79. The number of nitrogens with zero attached hydrogens (tertiary/aromatic N) is 3. The van der Waals surface area contributed by atoms with E-state index in [1.54, 1.807) is 12.4 Å². The minimum atomic E-state index is -0.207. The number of aryl methyl sites for hydroxylation is 2. The number of rotatable bonds is 3. The predicted molar refractivity (Wildman–Crippen MR) is 103 cm³/mol. The van der Waals surface area contributed by atoms with E-state index in [0.717, 1.165) is 29.9 Å². The average Bonchev–Trinajstić information content (AvgIpc) is 3.09. The van der Waals surface area contributed by atoms with Gasteiger partial charge in [0.1, 0.15) is 0 Å². The third kappa shape index (κ3) is 3.04. The van der Waals surface area contributed by atoms with E-state index in [4.69, 9.17) is 0 Å². The second-order valence-electron chi connectivity index (χ2n) is 6.56. The number of benzene rings is 2. The van der Waals surface area contributed by atoms with Crippen molar-refractivity contribution in [2.24, 2.45) is 0 Å². The molecule has 5 heteroatoms. The Morgan fingerprint density at radius 1 is 1.04 bits per heavy atom. The van der Waals surface area contributed by atoms with Gasteiger partial charge in [0.25, 0.3) is 5.91 Å². The first kappa shape index (κ1) is 16.3. The van der Waals surface area contributed by atoms with E-state index in [1.165, 1.54) is 11.1 Å². The highest BCUT2D eigenvalue weighted by Crippen LogP contribution is 2.31. The lowest BCUT2D eigenvalue weighted by atomic mass is 10.1. The fourth-order valence-electron chi connectivity index (χ4n) is 3.15. The molecule has 5 nitrogen and oxygen atoms in total. The fraction of sp³-hybridized carbons (Fsp3) is 0.190. The molecule has 0 unspecified atom stereocenters. The number of carbonyl (C=O) groups is 1. The van der Waals surface area contributed by atoms with E-state index < -0.39 is 0 Å². The number of fused-ring (bicyclic) bond motifs is 1. The second kappa shape index (κ2) is 6.59. The molecule has 2 heterocycles. The molecule has 1 aliphatic rings. The number of hydrogen-bond acceptors (Lipinski definition) is 4. The first-order valence-corrected chi connectivity index (χ1v) is 8.68. The Morgan fingerprint density at radius 2 is 1.81 bits per heavy atom. The molecule has 1 aromatic heterocycles. The van der Waals surface area contributed by atoms with Crippen LogP contribution in [-0.4, -0.2) is 22.4 Å². The van der Waals surface area contributed by atoms with E-state index in [-0.39, 0.29) is 5.91 Å². The molecule has 1 aliphatic heterocycles. The van der Waals surface area contributed by atoms with Crippen LogP contribution in [0.25, 0.3) is 0 Å². The van der Waals surface area contributed by atoms with Crippen molar-refractivity contribution in [3.8, 4) is 0 Å². The molecule has 0 saturated carbocycles. The van der Waals surface area contributed by atoms with Gasteiger partial charge in [-0.15, -0.1) is 0 Å². The zero-order valence-corrected chi connectivity index (χ0v) is 14.9. The van der Waals surface area contributed by atoms with Crippen molar-refractivity contribution in [1.82, 2.24) is 9.97 Å². The van der Waals surface area contributed by atoms with Gasteiger partial charge in [0.2, 0.25) is 5.95 Å². The Kier molecular flexibility index (Phi) is 4.13. The van der Waals surface area contributed by atoms with Crippen LogP contribution in [0.3, 0.4) is 0 Å². The van der Waals surface area contributed by atoms with E-state index in [1.807, 2.05) is 44.2 Å². The van der Waals surface area contributed by atoms with Gasteiger partial charge in [0, 0.05) is 30.3 Å². The van der Waals surface area contributed by atoms with Crippen LogP contribution >= 0.6 is 0 Å². The van der Waals surface area contributed by atoms with Gasteiger partial charge in [-0.05, 0) is 55.2 Å². The van der Waals surface area contributed by atoms with Gasteiger partial charge in [-0.1, -0.05) is 24.3 Å². The van der Waals surface area contributed by atoms with Gasteiger partial charge in [-0.25, -0.2) is 9.97 Å². The van der Waals surface area contributed by atoms with Crippen molar-refractivity contribution in [3.63, 3.8) is 0 Å². The van der Waals surface area contributed by atoms with Crippen molar-refractivity contribution in [3.05, 3.63) is 77.1 Å². The summed E-state index contributed by atoms with van der Waals surface area (Å²) < 4.78 is 0.